The third-order valence-electron chi connectivity index (χ3n) is 3.54. The molecule has 0 radical (unpaired) electrons. The van der Waals surface area contributed by atoms with E-state index < -0.39 is 0 Å². The summed E-state index contributed by atoms with van der Waals surface area (Å²) in [7, 11) is 3.84. The standard InChI is InChI=1S/C14H25N3OS/c1-4-8-15-11-6-5-7-12-13(11)16-14(19-12)17(2)9-10-18-3/h11,15H,4-10H2,1-3H3. The van der Waals surface area contributed by atoms with Crippen molar-refractivity contribution in [2.75, 3.05) is 38.8 Å². The van der Waals surface area contributed by atoms with Gasteiger partial charge in [0.05, 0.1) is 18.3 Å². The maximum Gasteiger partial charge on any atom is 0.185 e. The fourth-order valence-corrected chi connectivity index (χ4v) is 3.56. The van der Waals surface area contributed by atoms with Crippen LogP contribution >= 0.6 is 11.3 Å². The summed E-state index contributed by atoms with van der Waals surface area (Å²) in [6.07, 6.45) is 4.86. The number of hydrogen-bond acceptors (Lipinski definition) is 5. The number of likely N-dealkylation sites (N-methyl/N-ethyl adjacent to an activating group) is 1. The quantitative estimate of drug-likeness (QED) is 0.834. The molecule has 108 valence electrons. The highest BCUT2D eigenvalue weighted by atomic mass is 32.1. The van der Waals surface area contributed by atoms with Gasteiger partial charge >= 0.3 is 0 Å². The molecule has 0 aliphatic heterocycles. The molecule has 1 aromatic rings. The number of aromatic nitrogens is 1. The monoisotopic (exact) mass is 283 g/mol. The first-order valence-corrected chi connectivity index (χ1v) is 8.01. The first-order valence-electron chi connectivity index (χ1n) is 7.19. The van der Waals surface area contributed by atoms with E-state index in [2.05, 4.69) is 24.2 Å². The largest absolute Gasteiger partial charge is 0.383 e. The second kappa shape index (κ2) is 7.22. The Balaban J connectivity index is 2.07. The number of fused-ring (bicyclic) bond motifs is 1. The topological polar surface area (TPSA) is 37.4 Å². The first kappa shape index (κ1) is 14.8. The Morgan fingerprint density at radius 1 is 1.53 bits per heavy atom. The van der Waals surface area contributed by atoms with Crippen LogP contribution in [0.15, 0.2) is 0 Å². The summed E-state index contributed by atoms with van der Waals surface area (Å²) in [5.74, 6) is 0. The average Bonchev–Trinajstić information content (AvgIpc) is 2.87. The molecule has 5 heteroatoms. The lowest BCUT2D eigenvalue weighted by molar-refractivity contribution is 0.206. The lowest BCUT2D eigenvalue weighted by Crippen LogP contribution is -2.26. The molecule has 0 spiro atoms. The molecule has 0 bridgehead atoms. The fourth-order valence-electron chi connectivity index (χ4n) is 2.41. The lowest BCUT2D eigenvalue weighted by Gasteiger charge is -2.22. The molecule has 0 aromatic carbocycles. The molecule has 1 heterocycles. The predicted molar refractivity (Wildman–Crippen MR) is 81.2 cm³/mol. The summed E-state index contributed by atoms with van der Waals surface area (Å²) >= 11 is 1.85. The minimum absolute atomic E-state index is 0.463. The lowest BCUT2D eigenvalue weighted by atomic mass is 9.97. The molecule has 1 atom stereocenters. The number of hydrogen-bond donors (Lipinski definition) is 1. The molecule has 1 aliphatic carbocycles. The molecule has 19 heavy (non-hydrogen) atoms. The van der Waals surface area contributed by atoms with Gasteiger partial charge in [-0.2, -0.15) is 0 Å². The van der Waals surface area contributed by atoms with E-state index in [4.69, 9.17) is 9.72 Å². The zero-order valence-corrected chi connectivity index (χ0v) is 13.1. The number of anilines is 1. The highest BCUT2D eigenvalue weighted by Gasteiger charge is 2.24. The molecule has 1 aliphatic rings. The molecule has 2 rings (SSSR count). The highest BCUT2D eigenvalue weighted by Crippen LogP contribution is 2.36. The number of nitrogens with one attached hydrogen (secondary N) is 1. The van der Waals surface area contributed by atoms with Gasteiger partial charge < -0.3 is 15.0 Å². The molecular formula is C14H25N3OS. The summed E-state index contributed by atoms with van der Waals surface area (Å²) in [4.78, 5) is 8.53. The van der Waals surface area contributed by atoms with Crippen LogP contribution in [-0.2, 0) is 11.2 Å². The molecule has 0 fully saturated rings. The van der Waals surface area contributed by atoms with Crippen molar-refractivity contribution in [3.63, 3.8) is 0 Å². The normalized spacial score (nSPS) is 18.4. The van der Waals surface area contributed by atoms with Gasteiger partial charge in [-0.3, -0.25) is 0 Å². The minimum atomic E-state index is 0.463. The number of aryl methyl sites for hydroxylation is 1. The van der Waals surface area contributed by atoms with Crippen molar-refractivity contribution < 1.29 is 4.74 Å². The van der Waals surface area contributed by atoms with Gasteiger partial charge in [0.15, 0.2) is 5.13 Å². The van der Waals surface area contributed by atoms with Crippen LogP contribution in [0.2, 0.25) is 0 Å². The van der Waals surface area contributed by atoms with Crippen LogP contribution in [0.1, 0.15) is 42.8 Å². The van der Waals surface area contributed by atoms with E-state index in [1.54, 1.807) is 7.11 Å². The van der Waals surface area contributed by atoms with E-state index in [-0.39, 0.29) is 0 Å². The van der Waals surface area contributed by atoms with Crippen LogP contribution in [0.3, 0.4) is 0 Å². The van der Waals surface area contributed by atoms with Crippen molar-refractivity contribution in [1.29, 1.82) is 0 Å². The summed E-state index contributed by atoms with van der Waals surface area (Å²) in [6, 6.07) is 0.463. The SMILES string of the molecule is CCCNC1CCCc2sc(N(C)CCOC)nc21. The zero-order valence-electron chi connectivity index (χ0n) is 12.2. The van der Waals surface area contributed by atoms with Gasteiger partial charge in [0.25, 0.3) is 0 Å². The predicted octanol–water partition coefficient (Wildman–Crippen LogP) is 2.60. The van der Waals surface area contributed by atoms with Gasteiger partial charge in [-0.15, -0.1) is 11.3 Å². The Morgan fingerprint density at radius 3 is 3.11 bits per heavy atom. The van der Waals surface area contributed by atoms with Crippen molar-refractivity contribution in [2.45, 2.75) is 38.6 Å². The van der Waals surface area contributed by atoms with E-state index in [1.165, 1.54) is 36.3 Å². The number of thiazole rings is 1. The minimum Gasteiger partial charge on any atom is -0.383 e. The number of rotatable bonds is 7. The molecular weight excluding hydrogens is 258 g/mol. The third-order valence-corrected chi connectivity index (χ3v) is 4.79. The Morgan fingerprint density at radius 2 is 2.37 bits per heavy atom. The van der Waals surface area contributed by atoms with E-state index in [0.29, 0.717) is 6.04 Å². The van der Waals surface area contributed by atoms with E-state index in [9.17, 15) is 0 Å². The average molecular weight is 283 g/mol. The Labute approximate surface area is 120 Å². The van der Waals surface area contributed by atoms with E-state index in [1.807, 2.05) is 11.3 Å². The van der Waals surface area contributed by atoms with Gasteiger partial charge in [-0.1, -0.05) is 6.92 Å². The van der Waals surface area contributed by atoms with Crippen LogP contribution in [0.25, 0.3) is 0 Å². The Kier molecular flexibility index (Phi) is 5.60. The molecule has 1 N–H and O–H groups in total. The fraction of sp³-hybridized carbons (Fsp3) is 0.786. The third kappa shape index (κ3) is 3.68. The van der Waals surface area contributed by atoms with Crippen molar-refractivity contribution in [1.82, 2.24) is 10.3 Å². The maximum absolute atomic E-state index is 5.13. The van der Waals surface area contributed by atoms with Crippen LogP contribution < -0.4 is 10.2 Å². The summed E-state index contributed by atoms with van der Waals surface area (Å²) in [6.45, 7) is 4.94. The maximum atomic E-state index is 5.13. The Hall–Kier alpha value is -0.650. The van der Waals surface area contributed by atoms with Crippen LogP contribution in [0.5, 0.6) is 0 Å². The van der Waals surface area contributed by atoms with Crippen molar-refractivity contribution in [3.8, 4) is 0 Å². The van der Waals surface area contributed by atoms with Gasteiger partial charge in [0.1, 0.15) is 0 Å². The number of ether oxygens (including phenoxy) is 1. The second-order valence-corrected chi connectivity index (χ2v) is 6.18. The van der Waals surface area contributed by atoms with Gasteiger partial charge in [-0.05, 0) is 32.2 Å². The van der Waals surface area contributed by atoms with Crippen molar-refractivity contribution >= 4 is 16.5 Å². The van der Waals surface area contributed by atoms with Crippen LogP contribution in [-0.4, -0.2) is 38.8 Å². The molecule has 1 aromatic heterocycles. The molecule has 4 nitrogen and oxygen atoms in total. The van der Waals surface area contributed by atoms with Crippen molar-refractivity contribution in [3.05, 3.63) is 10.6 Å². The molecule has 0 saturated heterocycles. The van der Waals surface area contributed by atoms with Gasteiger partial charge in [-0.25, -0.2) is 4.98 Å². The second-order valence-electron chi connectivity index (χ2n) is 5.12. The molecule has 1 unspecified atom stereocenters. The number of methoxy groups -OCH3 is 1. The number of nitrogens with zero attached hydrogens (tertiary/aromatic N) is 2. The highest BCUT2D eigenvalue weighted by molar-refractivity contribution is 7.15. The molecule has 0 amide bonds. The van der Waals surface area contributed by atoms with Crippen LogP contribution in [0, 0.1) is 0 Å². The summed E-state index contributed by atoms with van der Waals surface area (Å²) in [5, 5.41) is 4.76. The summed E-state index contributed by atoms with van der Waals surface area (Å²) in [5.41, 5.74) is 1.30. The Bertz CT molecular complexity index is 394. The van der Waals surface area contributed by atoms with E-state index in [0.717, 1.165) is 24.8 Å². The van der Waals surface area contributed by atoms with Gasteiger partial charge in [0.2, 0.25) is 0 Å². The first-order chi connectivity index (χ1) is 9.26. The zero-order chi connectivity index (χ0) is 13.7. The van der Waals surface area contributed by atoms with E-state index >= 15 is 0 Å². The smallest absolute Gasteiger partial charge is 0.185 e. The summed E-state index contributed by atoms with van der Waals surface area (Å²) < 4.78 is 5.13. The van der Waals surface area contributed by atoms with Gasteiger partial charge in [0, 0.05) is 25.6 Å². The van der Waals surface area contributed by atoms with Crippen LogP contribution in [0.4, 0.5) is 5.13 Å². The molecule has 0 saturated carbocycles. The van der Waals surface area contributed by atoms with Crippen molar-refractivity contribution in [2.24, 2.45) is 0 Å².